The summed E-state index contributed by atoms with van der Waals surface area (Å²) in [6, 6.07) is 5.39. The molecule has 1 aliphatic heterocycles. The third-order valence-electron chi connectivity index (χ3n) is 3.40. The Balaban J connectivity index is 1.92. The van der Waals surface area contributed by atoms with Crippen molar-refractivity contribution in [1.29, 1.82) is 0 Å². The summed E-state index contributed by atoms with van der Waals surface area (Å²) in [5.74, 6) is -0.0341. The first-order valence-corrected chi connectivity index (χ1v) is 7.62. The number of carbonyl (C=O) groups is 1. The number of nitrogens with one attached hydrogen (secondary N) is 1. The molecular formula is C13H14ClN3O2S. The highest BCUT2D eigenvalue weighted by Gasteiger charge is 2.19. The summed E-state index contributed by atoms with van der Waals surface area (Å²) in [5.41, 5.74) is 0.660. The van der Waals surface area contributed by atoms with E-state index in [-0.39, 0.29) is 17.3 Å². The molecule has 0 unspecified atom stereocenters. The van der Waals surface area contributed by atoms with Crippen molar-refractivity contribution in [2.45, 2.75) is 6.54 Å². The van der Waals surface area contributed by atoms with Gasteiger partial charge in [0, 0.05) is 26.2 Å². The van der Waals surface area contributed by atoms with Crippen molar-refractivity contribution in [2.75, 3.05) is 26.2 Å². The third kappa shape index (κ3) is 2.46. The Morgan fingerprint density at radius 2 is 2.10 bits per heavy atom. The second-order valence-electron chi connectivity index (χ2n) is 4.67. The lowest BCUT2D eigenvalue weighted by Crippen LogP contribution is -2.47. The van der Waals surface area contributed by atoms with Crippen molar-refractivity contribution < 1.29 is 4.79 Å². The predicted octanol–water partition coefficient (Wildman–Crippen LogP) is 1.15. The van der Waals surface area contributed by atoms with Crippen LogP contribution in [0.4, 0.5) is 0 Å². The fourth-order valence-electron chi connectivity index (χ4n) is 2.37. The van der Waals surface area contributed by atoms with Gasteiger partial charge in [0.15, 0.2) is 0 Å². The van der Waals surface area contributed by atoms with Crippen molar-refractivity contribution >= 4 is 39.1 Å². The second kappa shape index (κ2) is 5.55. The van der Waals surface area contributed by atoms with Gasteiger partial charge >= 0.3 is 4.87 Å². The molecule has 2 aromatic rings. The molecule has 3 rings (SSSR count). The minimum Gasteiger partial charge on any atom is -0.339 e. The van der Waals surface area contributed by atoms with Crippen LogP contribution in [0.5, 0.6) is 0 Å². The van der Waals surface area contributed by atoms with E-state index in [9.17, 15) is 9.59 Å². The lowest BCUT2D eigenvalue weighted by atomic mass is 10.3. The van der Waals surface area contributed by atoms with Crippen LogP contribution in [0.3, 0.4) is 0 Å². The van der Waals surface area contributed by atoms with Gasteiger partial charge < -0.3 is 10.2 Å². The highest BCUT2D eigenvalue weighted by molar-refractivity contribution is 7.16. The average molecular weight is 312 g/mol. The lowest BCUT2D eigenvalue weighted by Gasteiger charge is -2.27. The summed E-state index contributed by atoms with van der Waals surface area (Å²) >= 11 is 7.28. The Labute approximate surface area is 124 Å². The Bertz CT molecular complexity index is 703. The topological polar surface area (TPSA) is 54.3 Å². The van der Waals surface area contributed by atoms with E-state index in [1.54, 1.807) is 11.0 Å². The van der Waals surface area contributed by atoms with E-state index < -0.39 is 0 Å². The monoisotopic (exact) mass is 311 g/mol. The van der Waals surface area contributed by atoms with Crippen molar-refractivity contribution in [1.82, 2.24) is 14.8 Å². The van der Waals surface area contributed by atoms with Crippen molar-refractivity contribution in [3.8, 4) is 0 Å². The maximum atomic E-state index is 12.3. The number of hydrogen-bond donors (Lipinski definition) is 1. The van der Waals surface area contributed by atoms with Crippen LogP contribution >= 0.6 is 22.9 Å². The molecule has 1 aliphatic rings. The average Bonchev–Trinajstić information content (AvgIpc) is 2.77. The number of aromatic nitrogens is 1. The van der Waals surface area contributed by atoms with Gasteiger partial charge in [0.25, 0.3) is 0 Å². The first-order chi connectivity index (χ1) is 9.66. The van der Waals surface area contributed by atoms with Gasteiger partial charge in [-0.3, -0.25) is 14.2 Å². The fraction of sp³-hybridized carbons (Fsp3) is 0.385. The molecule has 20 heavy (non-hydrogen) atoms. The highest BCUT2D eigenvalue weighted by Crippen LogP contribution is 2.25. The number of thiazole rings is 1. The van der Waals surface area contributed by atoms with Gasteiger partial charge in [-0.2, -0.15) is 0 Å². The minimum atomic E-state index is -0.142. The van der Waals surface area contributed by atoms with Crippen LogP contribution in [0.2, 0.25) is 5.02 Å². The highest BCUT2D eigenvalue weighted by atomic mass is 35.5. The molecule has 0 aliphatic carbocycles. The van der Waals surface area contributed by atoms with Gasteiger partial charge in [-0.05, 0) is 12.1 Å². The number of fused-ring (bicyclic) bond motifs is 1. The number of halogens is 1. The van der Waals surface area contributed by atoms with Crippen LogP contribution < -0.4 is 10.2 Å². The Morgan fingerprint density at radius 1 is 1.35 bits per heavy atom. The van der Waals surface area contributed by atoms with Gasteiger partial charge in [-0.1, -0.05) is 29.0 Å². The zero-order chi connectivity index (χ0) is 14.1. The quantitative estimate of drug-likeness (QED) is 0.905. The Morgan fingerprint density at radius 3 is 2.85 bits per heavy atom. The van der Waals surface area contributed by atoms with E-state index in [1.165, 1.54) is 4.57 Å². The molecule has 1 amide bonds. The van der Waals surface area contributed by atoms with Gasteiger partial charge in [0.05, 0.1) is 15.2 Å². The van der Waals surface area contributed by atoms with Crippen LogP contribution in [0.25, 0.3) is 10.2 Å². The van der Waals surface area contributed by atoms with E-state index in [4.69, 9.17) is 11.6 Å². The standard InChI is InChI=1S/C13H14ClN3O2S/c14-9-2-1-3-10-12(9)17(13(19)20-10)8-11(18)16-6-4-15-5-7-16/h1-3,15H,4-8H2. The summed E-state index contributed by atoms with van der Waals surface area (Å²) in [6.45, 7) is 3.02. The maximum Gasteiger partial charge on any atom is 0.308 e. The number of carbonyl (C=O) groups excluding carboxylic acids is 1. The molecule has 0 radical (unpaired) electrons. The molecule has 0 bridgehead atoms. The SMILES string of the molecule is O=C(Cn1c(=O)sc2cccc(Cl)c21)N1CCNCC1. The van der Waals surface area contributed by atoms with Gasteiger partial charge in [0.2, 0.25) is 5.91 Å². The van der Waals surface area contributed by atoms with Crippen LogP contribution in [0, 0.1) is 0 Å². The Kier molecular flexibility index (Phi) is 3.78. The van der Waals surface area contributed by atoms with Crippen LogP contribution in [0.15, 0.2) is 23.0 Å². The van der Waals surface area contributed by atoms with Crippen LogP contribution in [0.1, 0.15) is 0 Å². The van der Waals surface area contributed by atoms with Crippen LogP contribution in [-0.2, 0) is 11.3 Å². The fourth-order valence-corrected chi connectivity index (χ4v) is 3.62. The van der Waals surface area contributed by atoms with E-state index in [0.29, 0.717) is 23.6 Å². The summed E-state index contributed by atoms with van der Waals surface area (Å²) in [5, 5.41) is 3.71. The first-order valence-electron chi connectivity index (χ1n) is 6.43. The number of para-hydroxylation sites is 1. The van der Waals surface area contributed by atoms with Crippen molar-refractivity contribution in [3.05, 3.63) is 32.9 Å². The number of rotatable bonds is 2. The molecule has 1 N–H and O–H groups in total. The molecule has 1 saturated heterocycles. The number of nitrogens with zero attached hydrogens (tertiary/aromatic N) is 2. The van der Waals surface area contributed by atoms with Crippen molar-refractivity contribution in [2.24, 2.45) is 0 Å². The molecule has 2 heterocycles. The zero-order valence-corrected chi connectivity index (χ0v) is 12.3. The minimum absolute atomic E-state index is 0.0341. The molecule has 0 atom stereocenters. The first kappa shape index (κ1) is 13.6. The molecule has 7 heteroatoms. The maximum absolute atomic E-state index is 12.3. The molecule has 1 aromatic heterocycles. The predicted molar refractivity (Wildman–Crippen MR) is 80.5 cm³/mol. The molecule has 1 fully saturated rings. The number of amides is 1. The summed E-state index contributed by atoms with van der Waals surface area (Å²) in [7, 11) is 0. The van der Waals surface area contributed by atoms with E-state index in [2.05, 4.69) is 5.32 Å². The third-order valence-corrected chi connectivity index (χ3v) is 4.65. The lowest BCUT2D eigenvalue weighted by molar-refractivity contribution is -0.132. The summed E-state index contributed by atoms with van der Waals surface area (Å²) in [6.07, 6.45) is 0. The number of hydrogen-bond acceptors (Lipinski definition) is 4. The number of piperazine rings is 1. The molecule has 106 valence electrons. The Hall–Kier alpha value is -1.37. The van der Waals surface area contributed by atoms with Crippen LogP contribution in [-0.4, -0.2) is 41.6 Å². The second-order valence-corrected chi connectivity index (χ2v) is 6.07. The molecule has 5 nitrogen and oxygen atoms in total. The van der Waals surface area contributed by atoms with E-state index in [1.807, 2.05) is 12.1 Å². The normalized spacial score (nSPS) is 15.8. The largest absolute Gasteiger partial charge is 0.339 e. The summed E-state index contributed by atoms with van der Waals surface area (Å²) < 4.78 is 2.29. The zero-order valence-electron chi connectivity index (χ0n) is 10.8. The van der Waals surface area contributed by atoms with Gasteiger partial charge in [-0.15, -0.1) is 0 Å². The molecule has 1 aromatic carbocycles. The van der Waals surface area contributed by atoms with Gasteiger partial charge in [-0.25, -0.2) is 0 Å². The van der Waals surface area contributed by atoms with Crippen molar-refractivity contribution in [3.63, 3.8) is 0 Å². The molecule has 0 spiro atoms. The van der Waals surface area contributed by atoms with Gasteiger partial charge in [0.1, 0.15) is 6.54 Å². The molecular weight excluding hydrogens is 298 g/mol. The molecule has 0 saturated carbocycles. The van der Waals surface area contributed by atoms with E-state index >= 15 is 0 Å². The summed E-state index contributed by atoms with van der Waals surface area (Å²) in [4.78, 5) is 26.0. The van der Waals surface area contributed by atoms with E-state index in [0.717, 1.165) is 29.1 Å². The smallest absolute Gasteiger partial charge is 0.308 e. The number of benzene rings is 1.